The SMILES string of the molecule is Cc1ncc(C2CCCC2)nc1CN. The number of aromatic nitrogens is 2. The van der Waals surface area contributed by atoms with Crippen LogP contribution in [0.2, 0.25) is 0 Å². The normalized spacial score (nSPS) is 17.6. The van der Waals surface area contributed by atoms with Crippen molar-refractivity contribution < 1.29 is 0 Å². The first kappa shape index (κ1) is 9.59. The van der Waals surface area contributed by atoms with E-state index in [1.807, 2.05) is 13.1 Å². The number of nitrogens with two attached hydrogens (primary N) is 1. The number of aryl methyl sites for hydroxylation is 1. The highest BCUT2D eigenvalue weighted by molar-refractivity contribution is 5.15. The Morgan fingerprint density at radius 1 is 1.43 bits per heavy atom. The fraction of sp³-hybridized carbons (Fsp3) is 0.636. The van der Waals surface area contributed by atoms with Crippen LogP contribution in [0.25, 0.3) is 0 Å². The Morgan fingerprint density at radius 2 is 2.14 bits per heavy atom. The summed E-state index contributed by atoms with van der Waals surface area (Å²) in [6.45, 7) is 2.47. The standard InChI is InChI=1S/C11H17N3/c1-8-10(6-12)14-11(7-13-8)9-4-2-3-5-9/h7,9H,2-6,12H2,1H3. The maximum absolute atomic E-state index is 5.62. The van der Waals surface area contributed by atoms with Crippen molar-refractivity contribution in [3.8, 4) is 0 Å². The first-order valence-electron chi connectivity index (χ1n) is 5.33. The molecule has 0 spiro atoms. The minimum Gasteiger partial charge on any atom is -0.325 e. The summed E-state index contributed by atoms with van der Waals surface area (Å²) in [6, 6.07) is 0. The van der Waals surface area contributed by atoms with Gasteiger partial charge in [-0.2, -0.15) is 0 Å². The molecule has 1 heterocycles. The van der Waals surface area contributed by atoms with E-state index in [0.29, 0.717) is 12.5 Å². The molecule has 2 N–H and O–H groups in total. The molecule has 1 aliphatic carbocycles. The van der Waals surface area contributed by atoms with Crippen molar-refractivity contribution >= 4 is 0 Å². The minimum absolute atomic E-state index is 0.499. The van der Waals surface area contributed by atoms with Crippen molar-refractivity contribution in [2.75, 3.05) is 0 Å². The lowest BCUT2D eigenvalue weighted by Crippen LogP contribution is -2.08. The molecule has 3 nitrogen and oxygen atoms in total. The number of hydrogen-bond acceptors (Lipinski definition) is 3. The van der Waals surface area contributed by atoms with E-state index in [1.54, 1.807) is 0 Å². The van der Waals surface area contributed by atoms with E-state index in [4.69, 9.17) is 5.73 Å². The summed E-state index contributed by atoms with van der Waals surface area (Å²) in [4.78, 5) is 8.94. The van der Waals surface area contributed by atoms with Gasteiger partial charge in [0.2, 0.25) is 0 Å². The van der Waals surface area contributed by atoms with Gasteiger partial charge in [-0.25, -0.2) is 0 Å². The number of hydrogen-bond donors (Lipinski definition) is 1. The van der Waals surface area contributed by atoms with E-state index in [0.717, 1.165) is 17.1 Å². The predicted octanol–water partition coefficient (Wildman–Crippen LogP) is 1.90. The molecule has 1 aromatic rings. The molecule has 0 bridgehead atoms. The maximum atomic E-state index is 5.62. The Labute approximate surface area is 84.8 Å². The predicted molar refractivity (Wildman–Crippen MR) is 55.9 cm³/mol. The van der Waals surface area contributed by atoms with Gasteiger partial charge >= 0.3 is 0 Å². The van der Waals surface area contributed by atoms with Crippen LogP contribution in [-0.2, 0) is 6.54 Å². The van der Waals surface area contributed by atoms with E-state index in [9.17, 15) is 0 Å². The molecular weight excluding hydrogens is 174 g/mol. The van der Waals surface area contributed by atoms with Crippen molar-refractivity contribution in [3.05, 3.63) is 23.3 Å². The fourth-order valence-electron chi connectivity index (χ4n) is 2.11. The second-order valence-electron chi connectivity index (χ2n) is 4.01. The van der Waals surface area contributed by atoms with E-state index in [2.05, 4.69) is 9.97 Å². The van der Waals surface area contributed by atoms with Crippen molar-refractivity contribution in [1.82, 2.24) is 9.97 Å². The van der Waals surface area contributed by atoms with Gasteiger partial charge < -0.3 is 5.73 Å². The van der Waals surface area contributed by atoms with Crippen LogP contribution < -0.4 is 5.73 Å². The van der Waals surface area contributed by atoms with Crippen LogP contribution in [0.3, 0.4) is 0 Å². The average molecular weight is 191 g/mol. The first-order valence-corrected chi connectivity index (χ1v) is 5.33. The van der Waals surface area contributed by atoms with E-state index in [1.165, 1.54) is 25.7 Å². The lowest BCUT2D eigenvalue weighted by atomic mass is 10.0. The molecular formula is C11H17N3. The van der Waals surface area contributed by atoms with Gasteiger partial charge in [-0.3, -0.25) is 9.97 Å². The molecule has 0 unspecified atom stereocenters. The lowest BCUT2D eigenvalue weighted by Gasteiger charge is -2.10. The van der Waals surface area contributed by atoms with Gasteiger partial charge in [0.1, 0.15) is 0 Å². The van der Waals surface area contributed by atoms with Crippen LogP contribution in [0.1, 0.15) is 48.7 Å². The largest absolute Gasteiger partial charge is 0.325 e. The topological polar surface area (TPSA) is 51.8 Å². The summed E-state index contributed by atoms with van der Waals surface area (Å²) < 4.78 is 0. The minimum atomic E-state index is 0.499. The van der Waals surface area contributed by atoms with Gasteiger partial charge in [-0.15, -0.1) is 0 Å². The molecule has 2 rings (SSSR count). The summed E-state index contributed by atoms with van der Waals surface area (Å²) in [5, 5.41) is 0. The molecule has 1 aliphatic rings. The lowest BCUT2D eigenvalue weighted by molar-refractivity contribution is 0.681. The van der Waals surface area contributed by atoms with E-state index in [-0.39, 0.29) is 0 Å². The molecule has 1 saturated carbocycles. The third kappa shape index (κ3) is 1.77. The molecule has 14 heavy (non-hydrogen) atoms. The zero-order valence-corrected chi connectivity index (χ0v) is 8.66. The third-order valence-corrected chi connectivity index (χ3v) is 3.04. The smallest absolute Gasteiger partial charge is 0.0754 e. The molecule has 3 heteroatoms. The van der Waals surface area contributed by atoms with E-state index >= 15 is 0 Å². The van der Waals surface area contributed by atoms with Gasteiger partial charge in [0.15, 0.2) is 0 Å². The quantitative estimate of drug-likeness (QED) is 0.776. The van der Waals surface area contributed by atoms with Crippen molar-refractivity contribution in [3.63, 3.8) is 0 Å². The monoisotopic (exact) mass is 191 g/mol. The second-order valence-corrected chi connectivity index (χ2v) is 4.01. The van der Waals surface area contributed by atoms with Crippen LogP contribution in [0, 0.1) is 6.92 Å². The number of nitrogens with zero attached hydrogens (tertiary/aromatic N) is 2. The fourth-order valence-corrected chi connectivity index (χ4v) is 2.11. The third-order valence-electron chi connectivity index (χ3n) is 3.04. The Kier molecular flexibility index (Phi) is 2.77. The van der Waals surface area contributed by atoms with Gasteiger partial charge in [-0.1, -0.05) is 12.8 Å². The van der Waals surface area contributed by atoms with Crippen LogP contribution in [0.15, 0.2) is 6.20 Å². The molecule has 1 aromatic heterocycles. The second kappa shape index (κ2) is 4.05. The van der Waals surface area contributed by atoms with Crippen LogP contribution >= 0.6 is 0 Å². The van der Waals surface area contributed by atoms with Crippen molar-refractivity contribution in [1.29, 1.82) is 0 Å². The van der Waals surface area contributed by atoms with Crippen molar-refractivity contribution in [2.45, 2.75) is 45.1 Å². The van der Waals surface area contributed by atoms with Crippen molar-refractivity contribution in [2.24, 2.45) is 5.73 Å². The molecule has 0 aliphatic heterocycles. The average Bonchev–Trinajstić information content (AvgIpc) is 2.71. The molecule has 0 saturated heterocycles. The van der Waals surface area contributed by atoms with Crippen LogP contribution in [0.4, 0.5) is 0 Å². The highest BCUT2D eigenvalue weighted by atomic mass is 14.8. The van der Waals surface area contributed by atoms with Gasteiger partial charge in [0, 0.05) is 18.7 Å². The molecule has 0 amide bonds. The van der Waals surface area contributed by atoms with Crippen LogP contribution in [-0.4, -0.2) is 9.97 Å². The Bertz CT molecular complexity index is 316. The van der Waals surface area contributed by atoms with Gasteiger partial charge in [0.25, 0.3) is 0 Å². The summed E-state index contributed by atoms with van der Waals surface area (Å²) in [5.41, 5.74) is 8.68. The molecule has 1 fully saturated rings. The summed E-state index contributed by atoms with van der Waals surface area (Å²) in [7, 11) is 0. The van der Waals surface area contributed by atoms with Gasteiger partial charge in [0.05, 0.1) is 17.1 Å². The molecule has 0 atom stereocenters. The summed E-state index contributed by atoms with van der Waals surface area (Å²) >= 11 is 0. The zero-order chi connectivity index (χ0) is 9.97. The molecule has 76 valence electrons. The van der Waals surface area contributed by atoms with E-state index < -0.39 is 0 Å². The van der Waals surface area contributed by atoms with Crippen LogP contribution in [0.5, 0.6) is 0 Å². The van der Waals surface area contributed by atoms with Gasteiger partial charge in [-0.05, 0) is 19.8 Å². The highest BCUT2D eigenvalue weighted by Crippen LogP contribution is 2.32. The Morgan fingerprint density at radius 3 is 2.79 bits per heavy atom. The molecule has 0 aromatic carbocycles. The Hall–Kier alpha value is -0.960. The molecule has 0 radical (unpaired) electrons. The zero-order valence-electron chi connectivity index (χ0n) is 8.66. The maximum Gasteiger partial charge on any atom is 0.0754 e. The highest BCUT2D eigenvalue weighted by Gasteiger charge is 2.19. The first-order chi connectivity index (χ1) is 6.81. The Balaban J connectivity index is 2.25. The summed E-state index contributed by atoms with van der Waals surface area (Å²) in [6.07, 6.45) is 7.12. The number of rotatable bonds is 2. The summed E-state index contributed by atoms with van der Waals surface area (Å²) in [5.74, 6) is 0.633.